The van der Waals surface area contributed by atoms with E-state index in [-0.39, 0.29) is 0 Å². The zero-order valence-electron chi connectivity index (χ0n) is 7.09. The molecule has 3 nitrogen and oxygen atoms in total. The monoisotopic (exact) mass is 226 g/mol. The third-order valence-corrected chi connectivity index (χ3v) is 3.04. The minimum absolute atomic E-state index is 0.598. The van der Waals surface area contributed by atoms with Gasteiger partial charge in [-0.25, -0.2) is 9.97 Å². The average Bonchev–Trinajstić information content (AvgIpc) is 2.65. The predicted molar refractivity (Wildman–Crippen MR) is 55.4 cm³/mol. The molecule has 2 aromatic rings. The van der Waals surface area contributed by atoms with Crippen molar-refractivity contribution in [2.24, 2.45) is 0 Å². The van der Waals surface area contributed by atoms with E-state index in [0.29, 0.717) is 15.5 Å². The van der Waals surface area contributed by atoms with E-state index in [9.17, 15) is 5.11 Å². The molecule has 0 fully saturated rings. The van der Waals surface area contributed by atoms with Gasteiger partial charge in [0.1, 0.15) is 12.4 Å². The molecule has 0 aliphatic carbocycles. The molecule has 2 aromatic heterocycles. The lowest BCUT2D eigenvalue weighted by molar-refractivity contribution is 0.220. The second kappa shape index (κ2) is 4.04. The van der Waals surface area contributed by atoms with Gasteiger partial charge in [0.15, 0.2) is 0 Å². The number of nitrogens with zero attached hydrogens (tertiary/aromatic N) is 2. The van der Waals surface area contributed by atoms with Crippen LogP contribution in [-0.4, -0.2) is 15.1 Å². The quantitative estimate of drug-likeness (QED) is 0.855. The van der Waals surface area contributed by atoms with Gasteiger partial charge in [-0.15, -0.1) is 11.3 Å². The van der Waals surface area contributed by atoms with Gasteiger partial charge in [0.2, 0.25) is 0 Å². The van der Waals surface area contributed by atoms with Crippen LogP contribution in [0.15, 0.2) is 30.2 Å². The molecule has 2 heterocycles. The third kappa shape index (κ3) is 1.77. The minimum Gasteiger partial charge on any atom is -0.383 e. The molecule has 5 heteroatoms. The molecule has 0 bridgehead atoms. The van der Waals surface area contributed by atoms with Gasteiger partial charge < -0.3 is 5.11 Å². The summed E-state index contributed by atoms with van der Waals surface area (Å²) in [4.78, 5) is 7.67. The molecule has 0 radical (unpaired) electrons. The van der Waals surface area contributed by atoms with Crippen LogP contribution in [0.2, 0.25) is 4.34 Å². The standard InChI is InChI=1S/C9H7ClN2OS/c10-9-7(1-2-14-9)8(13)6-3-11-5-12-4-6/h1-5,8,13H. The van der Waals surface area contributed by atoms with E-state index >= 15 is 0 Å². The van der Waals surface area contributed by atoms with Crippen LogP contribution in [-0.2, 0) is 0 Å². The largest absolute Gasteiger partial charge is 0.383 e. The van der Waals surface area contributed by atoms with E-state index in [1.165, 1.54) is 17.7 Å². The van der Waals surface area contributed by atoms with Crippen molar-refractivity contribution in [3.05, 3.63) is 45.6 Å². The van der Waals surface area contributed by atoms with Gasteiger partial charge >= 0.3 is 0 Å². The highest BCUT2D eigenvalue weighted by atomic mass is 35.5. The summed E-state index contributed by atoms with van der Waals surface area (Å²) in [6.45, 7) is 0. The number of halogens is 1. The lowest BCUT2D eigenvalue weighted by atomic mass is 10.1. The van der Waals surface area contributed by atoms with Crippen LogP contribution in [0, 0.1) is 0 Å². The maximum absolute atomic E-state index is 9.90. The van der Waals surface area contributed by atoms with E-state index in [0.717, 1.165) is 0 Å². The molecule has 2 rings (SSSR count). The summed E-state index contributed by atoms with van der Waals surface area (Å²) in [6, 6.07) is 1.80. The molecule has 0 aliphatic heterocycles. The number of hydrogen-bond acceptors (Lipinski definition) is 4. The minimum atomic E-state index is -0.741. The number of rotatable bonds is 2. The van der Waals surface area contributed by atoms with Gasteiger partial charge in [-0.05, 0) is 11.4 Å². The summed E-state index contributed by atoms with van der Waals surface area (Å²) >= 11 is 7.29. The summed E-state index contributed by atoms with van der Waals surface area (Å²) in [5.41, 5.74) is 1.35. The van der Waals surface area contributed by atoms with Gasteiger partial charge in [-0.2, -0.15) is 0 Å². The highest BCUT2D eigenvalue weighted by Crippen LogP contribution is 2.31. The highest BCUT2D eigenvalue weighted by Gasteiger charge is 2.14. The molecule has 0 saturated carbocycles. The molecular weight excluding hydrogens is 220 g/mol. The van der Waals surface area contributed by atoms with Gasteiger partial charge in [-0.3, -0.25) is 0 Å². The van der Waals surface area contributed by atoms with Gasteiger partial charge in [0.25, 0.3) is 0 Å². The Morgan fingerprint density at radius 1 is 1.36 bits per heavy atom. The molecular formula is C9H7ClN2OS. The Kier molecular flexibility index (Phi) is 2.77. The smallest absolute Gasteiger partial charge is 0.115 e. The van der Waals surface area contributed by atoms with Gasteiger partial charge in [0.05, 0.1) is 4.34 Å². The van der Waals surface area contributed by atoms with E-state index < -0.39 is 6.10 Å². The Hall–Kier alpha value is -0.970. The number of thiophene rings is 1. The molecule has 1 N–H and O–H groups in total. The molecule has 0 spiro atoms. The number of aromatic nitrogens is 2. The summed E-state index contributed by atoms with van der Waals surface area (Å²) in [7, 11) is 0. The van der Waals surface area contributed by atoms with Crippen LogP contribution in [0.1, 0.15) is 17.2 Å². The Bertz CT molecular complexity index is 418. The highest BCUT2D eigenvalue weighted by molar-refractivity contribution is 7.14. The molecule has 1 atom stereocenters. The Balaban J connectivity index is 2.34. The molecule has 0 aliphatic rings. The molecule has 14 heavy (non-hydrogen) atoms. The molecule has 0 saturated heterocycles. The lowest BCUT2D eigenvalue weighted by Crippen LogP contribution is -1.99. The molecule has 0 amide bonds. The summed E-state index contributed by atoms with van der Waals surface area (Å²) < 4.78 is 0.598. The van der Waals surface area contributed by atoms with Crippen LogP contribution in [0.25, 0.3) is 0 Å². The summed E-state index contributed by atoms with van der Waals surface area (Å²) in [5.74, 6) is 0. The van der Waals surface area contributed by atoms with Crippen LogP contribution >= 0.6 is 22.9 Å². The first-order valence-electron chi connectivity index (χ1n) is 3.95. The summed E-state index contributed by atoms with van der Waals surface area (Å²) in [6.07, 6.45) is 3.83. The predicted octanol–water partition coefficient (Wildman–Crippen LogP) is 2.27. The van der Waals surface area contributed by atoms with E-state index in [4.69, 9.17) is 11.6 Å². The fourth-order valence-electron chi connectivity index (χ4n) is 1.13. The van der Waals surface area contributed by atoms with Crippen molar-refractivity contribution < 1.29 is 5.11 Å². The lowest BCUT2D eigenvalue weighted by Gasteiger charge is -2.08. The average molecular weight is 227 g/mol. The van der Waals surface area contributed by atoms with Crippen molar-refractivity contribution >= 4 is 22.9 Å². The Morgan fingerprint density at radius 3 is 2.64 bits per heavy atom. The molecule has 72 valence electrons. The van der Waals surface area contributed by atoms with Crippen molar-refractivity contribution in [1.82, 2.24) is 9.97 Å². The SMILES string of the molecule is OC(c1cncnc1)c1ccsc1Cl. The topological polar surface area (TPSA) is 46.0 Å². The number of aliphatic hydroxyl groups is 1. The van der Waals surface area contributed by atoms with E-state index in [2.05, 4.69) is 9.97 Å². The van der Waals surface area contributed by atoms with Crippen molar-refractivity contribution in [2.75, 3.05) is 0 Å². The zero-order chi connectivity index (χ0) is 9.97. The molecule has 1 unspecified atom stereocenters. The number of hydrogen-bond donors (Lipinski definition) is 1. The van der Waals surface area contributed by atoms with Crippen LogP contribution in [0.3, 0.4) is 0 Å². The number of aliphatic hydroxyl groups excluding tert-OH is 1. The van der Waals surface area contributed by atoms with Crippen LogP contribution in [0.4, 0.5) is 0 Å². The first-order chi connectivity index (χ1) is 6.79. The third-order valence-electron chi connectivity index (χ3n) is 1.84. The first-order valence-corrected chi connectivity index (χ1v) is 5.20. The van der Waals surface area contributed by atoms with Crippen molar-refractivity contribution in [3.8, 4) is 0 Å². The zero-order valence-corrected chi connectivity index (χ0v) is 8.66. The second-order valence-corrected chi connectivity index (χ2v) is 4.24. The molecule has 0 aromatic carbocycles. The van der Waals surface area contributed by atoms with E-state index in [1.807, 2.05) is 5.38 Å². The van der Waals surface area contributed by atoms with Gasteiger partial charge in [0, 0.05) is 23.5 Å². The van der Waals surface area contributed by atoms with Crippen LogP contribution in [0.5, 0.6) is 0 Å². The first kappa shape index (κ1) is 9.58. The fraction of sp³-hybridized carbons (Fsp3) is 0.111. The fourth-order valence-corrected chi connectivity index (χ4v) is 2.10. The van der Waals surface area contributed by atoms with Gasteiger partial charge in [-0.1, -0.05) is 11.6 Å². The van der Waals surface area contributed by atoms with Crippen molar-refractivity contribution in [2.45, 2.75) is 6.10 Å². The second-order valence-electron chi connectivity index (χ2n) is 2.72. The Morgan fingerprint density at radius 2 is 2.07 bits per heavy atom. The summed E-state index contributed by atoms with van der Waals surface area (Å²) in [5, 5.41) is 11.7. The van der Waals surface area contributed by atoms with Crippen molar-refractivity contribution in [3.63, 3.8) is 0 Å². The van der Waals surface area contributed by atoms with Crippen molar-refractivity contribution in [1.29, 1.82) is 0 Å². The maximum Gasteiger partial charge on any atom is 0.115 e. The Labute approximate surface area is 90.0 Å². The normalized spacial score (nSPS) is 12.7. The maximum atomic E-state index is 9.90. The van der Waals surface area contributed by atoms with E-state index in [1.54, 1.807) is 18.5 Å². The van der Waals surface area contributed by atoms with Crippen LogP contribution < -0.4 is 0 Å².